The normalized spacial score (nSPS) is 11.9. The van der Waals surface area contributed by atoms with Crippen LogP contribution in [0.15, 0.2) is 104 Å². The number of aryl methyl sites for hydroxylation is 1. The first-order valence-electron chi connectivity index (χ1n) is 12.0. The summed E-state index contributed by atoms with van der Waals surface area (Å²) in [5, 5.41) is 23.2. The molecule has 0 aliphatic carbocycles. The minimum atomic E-state index is -5.22. The van der Waals surface area contributed by atoms with Crippen molar-refractivity contribution in [3.63, 3.8) is 0 Å². The van der Waals surface area contributed by atoms with Crippen molar-refractivity contribution in [2.45, 2.75) is 21.6 Å². The second-order valence-electron chi connectivity index (χ2n) is 9.31. The van der Waals surface area contributed by atoms with Crippen molar-refractivity contribution < 1.29 is 133 Å². The van der Waals surface area contributed by atoms with Crippen LogP contribution in [0, 0.1) is 6.92 Å². The first-order valence-corrected chi connectivity index (χ1v) is 16.3. The predicted octanol–water partition coefficient (Wildman–Crippen LogP) is -4.40. The van der Waals surface area contributed by atoms with E-state index < -0.39 is 61.6 Å². The number of hydrogen-bond donors (Lipinski definition) is 2. The Hall–Kier alpha value is -1.45. The average molecular weight is 710 g/mol. The van der Waals surface area contributed by atoms with Crippen molar-refractivity contribution in [2.24, 2.45) is 10.2 Å². The van der Waals surface area contributed by atoms with Gasteiger partial charge in [-0.3, -0.25) is 4.55 Å². The second kappa shape index (κ2) is 15.4. The molecule has 13 nitrogen and oxygen atoms in total. The molecule has 0 unspecified atom stereocenters. The molecule has 2 N–H and O–H groups in total. The molecule has 0 bridgehead atoms. The van der Waals surface area contributed by atoms with Crippen LogP contribution in [0.2, 0.25) is 0 Å². The van der Waals surface area contributed by atoms with E-state index in [0.29, 0.717) is 23.5 Å². The molecule has 0 saturated carbocycles. The Kier molecular flexibility index (Phi) is 13.6. The molecule has 46 heavy (non-hydrogen) atoms. The van der Waals surface area contributed by atoms with Gasteiger partial charge in [-0.1, -0.05) is 41.6 Å². The molecular weight excluding hydrogens is 691 g/mol. The monoisotopic (exact) mass is 709 g/mol. The quantitative estimate of drug-likeness (QED) is 0.0932. The Morgan fingerprint density at radius 2 is 1.28 bits per heavy atom. The fraction of sp³-hybridized carbons (Fsp3) is 0.0370. The van der Waals surface area contributed by atoms with E-state index in [0.717, 1.165) is 17.7 Å². The van der Waals surface area contributed by atoms with Gasteiger partial charge in [-0.2, -0.15) is 8.42 Å². The molecule has 0 atom stereocenters. The zero-order chi connectivity index (χ0) is 31.3. The van der Waals surface area contributed by atoms with Crippen LogP contribution in [0.25, 0.3) is 21.5 Å². The maximum absolute atomic E-state index is 12.9. The third-order valence-corrected chi connectivity index (χ3v) is 9.00. The van der Waals surface area contributed by atoms with Crippen LogP contribution in [0.5, 0.6) is 5.75 Å². The number of nitrogens with zero attached hydrogens (tertiary/aromatic N) is 2. The summed E-state index contributed by atoms with van der Waals surface area (Å²) in [6.07, 6.45) is 0. The SMILES string of the molecule is Cc1ccc(Nc2ccc(N=Nc3ccc(S(=O)(=O)[O-])c4cc(S(=O)(=O)[O-])cc([O-])c34)c3cccc(S(=O)(=O)O)c23)cc1.[Na+].[Na+].[Na+]. The van der Waals surface area contributed by atoms with E-state index in [9.17, 15) is 44.0 Å². The van der Waals surface area contributed by atoms with Crippen molar-refractivity contribution in [1.29, 1.82) is 0 Å². The van der Waals surface area contributed by atoms with Gasteiger partial charge in [0, 0.05) is 32.9 Å². The Morgan fingerprint density at radius 1 is 0.674 bits per heavy atom. The van der Waals surface area contributed by atoms with E-state index in [1.165, 1.54) is 30.3 Å². The third-order valence-electron chi connectivity index (χ3n) is 6.40. The van der Waals surface area contributed by atoms with Gasteiger partial charge in [-0.05, 0) is 55.5 Å². The number of azo groups is 1. The van der Waals surface area contributed by atoms with Gasteiger partial charge in [0.25, 0.3) is 10.1 Å². The zero-order valence-electron chi connectivity index (χ0n) is 24.7. The van der Waals surface area contributed by atoms with E-state index in [1.807, 2.05) is 19.1 Å². The maximum Gasteiger partial charge on any atom is 1.00 e. The molecule has 222 valence electrons. The van der Waals surface area contributed by atoms with E-state index in [-0.39, 0.29) is 111 Å². The average Bonchev–Trinajstić information content (AvgIpc) is 2.91. The fourth-order valence-corrected chi connectivity index (χ4v) is 6.39. The van der Waals surface area contributed by atoms with Crippen LogP contribution >= 0.6 is 0 Å². The molecule has 0 aliphatic rings. The second-order valence-corrected chi connectivity index (χ2v) is 13.4. The van der Waals surface area contributed by atoms with Crippen LogP contribution in [0.1, 0.15) is 5.56 Å². The molecule has 0 amide bonds. The number of fused-ring (bicyclic) bond motifs is 2. The summed E-state index contributed by atoms with van der Waals surface area (Å²) < 4.78 is 105. The van der Waals surface area contributed by atoms with Crippen molar-refractivity contribution >= 4 is 74.6 Å². The summed E-state index contributed by atoms with van der Waals surface area (Å²) in [6.45, 7) is 1.90. The van der Waals surface area contributed by atoms with Gasteiger partial charge in [0.05, 0.1) is 21.2 Å². The van der Waals surface area contributed by atoms with Crippen LogP contribution in [0.3, 0.4) is 0 Å². The van der Waals surface area contributed by atoms with Crippen LogP contribution in [-0.2, 0) is 30.4 Å². The first-order chi connectivity index (χ1) is 20.0. The molecular formula is C27H18N3Na3O10S3. The molecule has 0 saturated heterocycles. The van der Waals surface area contributed by atoms with Gasteiger partial charge < -0.3 is 19.5 Å². The number of benzene rings is 5. The predicted molar refractivity (Wildman–Crippen MR) is 152 cm³/mol. The summed E-state index contributed by atoms with van der Waals surface area (Å²) in [6, 6.07) is 17.1. The molecule has 0 radical (unpaired) electrons. The number of anilines is 2. The Morgan fingerprint density at radius 3 is 1.87 bits per heavy atom. The van der Waals surface area contributed by atoms with Gasteiger partial charge in [0.1, 0.15) is 25.1 Å². The minimum absolute atomic E-state index is 0. The summed E-state index contributed by atoms with van der Waals surface area (Å²) in [5.74, 6) is -1.11. The zero-order valence-corrected chi connectivity index (χ0v) is 33.2. The topological polar surface area (TPSA) is 229 Å². The molecule has 0 spiro atoms. The standard InChI is InChI=1S/C27H21N3O10S3.3Na/c1-15-5-7-16(8-6-15)28-21-10-9-20(18-3-2-4-25(27(18)21)43(38,39)40)29-30-22-11-12-24(42(35,36)37)19-13-17(41(32,33)34)14-23(31)26(19)22;;;/h2-14,28,31H,1H3,(H,32,33,34)(H,35,36,37)(H,38,39,40);;;/q;3*+1/p-3. The number of rotatable bonds is 7. The summed E-state index contributed by atoms with van der Waals surface area (Å²) >= 11 is 0. The largest absolute Gasteiger partial charge is 1.00 e. The summed E-state index contributed by atoms with van der Waals surface area (Å²) in [4.78, 5) is -2.41. The Balaban J connectivity index is 0.00000245. The number of hydrogen-bond acceptors (Lipinski definition) is 12. The summed E-state index contributed by atoms with van der Waals surface area (Å²) in [7, 11) is -15.1. The van der Waals surface area contributed by atoms with Crippen molar-refractivity contribution in [3.8, 4) is 5.75 Å². The molecule has 0 aliphatic heterocycles. The van der Waals surface area contributed by atoms with E-state index in [4.69, 9.17) is 0 Å². The molecule has 0 heterocycles. The van der Waals surface area contributed by atoms with E-state index in [2.05, 4.69) is 15.5 Å². The molecule has 19 heteroatoms. The minimum Gasteiger partial charge on any atom is -0.872 e. The molecule has 5 rings (SSSR count). The molecule has 5 aromatic carbocycles. The van der Waals surface area contributed by atoms with Gasteiger partial charge in [-0.25, -0.2) is 16.8 Å². The van der Waals surface area contributed by atoms with Crippen molar-refractivity contribution in [2.75, 3.05) is 5.32 Å². The molecule has 0 fully saturated rings. The van der Waals surface area contributed by atoms with Gasteiger partial charge in [-0.15, -0.1) is 10.2 Å². The first kappa shape index (κ1) is 40.7. The van der Waals surface area contributed by atoms with Crippen LogP contribution in [-0.4, -0.2) is 38.9 Å². The van der Waals surface area contributed by atoms with E-state index >= 15 is 0 Å². The van der Waals surface area contributed by atoms with Gasteiger partial charge in [0.15, 0.2) is 0 Å². The Labute approximate surface area is 330 Å². The van der Waals surface area contributed by atoms with Crippen LogP contribution in [0.4, 0.5) is 22.7 Å². The van der Waals surface area contributed by atoms with Gasteiger partial charge in [0.2, 0.25) is 0 Å². The molecule has 0 aromatic heterocycles. The maximum atomic E-state index is 12.9. The number of nitrogens with one attached hydrogen (secondary N) is 1. The van der Waals surface area contributed by atoms with Gasteiger partial charge >= 0.3 is 88.7 Å². The van der Waals surface area contributed by atoms with E-state index in [1.54, 1.807) is 12.1 Å². The van der Waals surface area contributed by atoms with Crippen molar-refractivity contribution in [1.82, 2.24) is 0 Å². The fourth-order valence-electron chi connectivity index (χ4n) is 4.49. The summed E-state index contributed by atoms with van der Waals surface area (Å²) in [5.41, 5.74) is 1.70. The van der Waals surface area contributed by atoms with Crippen LogP contribution < -0.4 is 99.1 Å². The smallest absolute Gasteiger partial charge is 0.872 e. The Bertz CT molecular complexity index is 2320. The van der Waals surface area contributed by atoms with Crippen molar-refractivity contribution in [3.05, 3.63) is 84.4 Å². The molecule has 5 aromatic rings. The third kappa shape index (κ3) is 8.76.